The second-order valence-corrected chi connectivity index (χ2v) is 9.67. The maximum absolute atomic E-state index is 12.3. The molecule has 3 atom stereocenters. The summed E-state index contributed by atoms with van der Waals surface area (Å²) in [5.74, 6) is 8.82. The first-order valence-corrected chi connectivity index (χ1v) is 9.93. The minimum absolute atomic E-state index is 0.0534. The van der Waals surface area contributed by atoms with Crippen molar-refractivity contribution < 1.29 is 4.79 Å². The van der Waals surface area contributed by atoms with Crippen LogP contribution in [0.1, 0.15) is 81.1 Å². The van der Waals surface area contributed by atoms with E-state index in [9.17, 15) is 4.79 Å². The monoisotopic (exact) mass is 345 g/mol. The molecule has 1 N–H and O–H groups in total. The number of nitrogens with one attached hydrogen (secondary N) is 1. The van der Waals surface area contributed by atoms with E-state index in [1.807, 2.05) is 27.7 Å². The molecule has 0 heterocycles. The standard InChI is InChI=1S/C23H39NO/c1-17(2)24-21(25)23(7,8)14-12-18(3)11-13-22(5,6)16-20-10-9-19(4)15-20/h9-10,17-20H,12,14-16H2,1-8H3,(H,24,25). The summed E-state index contributed by atoms with van der Waals surface area (Å²) in [6.07, 6.45) is 8.93. The largest absolute Gasteiger partial charge is 0.353 e. The third kappa shape index (κ3) is 8.13. The van der Waals surface area contributed by atoms with Gasteiger partial charge in [-0.05, 0) is 65.2 Å². The molecule has 2 nitrogen and oxygen atoms in total. The van der Waals surface area contributed by atoms with Crippen molar-refractivity contribution in [2.24, 2.45) is 28.6 Å². The molecule has 0 radical (unpaired) electrons. The minimum atomic E-state index is -0.333. The highest BCUT2D eigenvalue weighted by atomic mass is 16.2. The molecule has 142 valence electrons. The highest BCUT2D eigenvalue weighted by Gasteiger charge is 2.28. The van der Waals surface area contributed by atoms with Crippen molar-refractivity contribution >= 4 is 5.91 Å². The van der Waals surface area contributed by atoms with Gasteiger partial charge in [0.2, 0.25) is 5.91 Å². The zero-order valence-electron chi connectivity index (χ0n) is 17.7. The van der Waals surface area contributed by atoms with Crippen LogP contribution >= 0.6 is 0 Å². The van der Waals surface area contributed by atoms with E-state index in [4.69, 9.17) is 0 Å². The molecule has 0 fully saturated rings. The molecule has 0 bridgehead atoms. The van der Waals surface area contributed by atoms with Gasteiger partial charge in [0.1, 0.15) is 0 Å². The first-order valence-electron chi connectivity index (χ1n) is 9.93. The van der Waals surface area contributed by atoms with Gasteiger partial charge >= 0.3 is 0 Å². The highest BCUT2D eigenvalue weighted by molar-refractivity contribution is 5.81. The predicted molar refractivity (Wildman–Crippen MR) is 108 cm³/mol. The van der Waals surface area contributed by atoms with E-state index >= 15 is 0 Å². The summed E-state index contributed by atoms with van der Waals surface area (Å²) in [4.78, 5) is 12.3. The summed E-state index contributed by atoms with van der Waals surface area (Å²) >= 11 is 0. The van der Waals surface area contributed by atoms with Crippen molar-refractivity contribution in [2.75, 3.05) is 0 Å². The van der Waals surface area contributed by atoms with Gasteiger partial charge in [-0.25, -0.2) is 0 Å². The lowest BCUT2D eigenvalue weighted by atomic mass is 9.81. The average Bonchev–Trinajstić information content (AvgIpc) is 2.86. The number of carbonyl (C=O) groups is 1. The molecule has 0 saturated carbocycles. The lowest BCUT2D eigenvalue weighted by molar-refractivity contribution is -0.130. The maximum Gasteiger partial charge on any atom is 0.225 e. The van der Waals surface area contributed by atoms with E-state index in [0.29, 0.717) is 17.8 Å². The van der Waals surface area contributed by atoms with Crippen molar-refractivity contribution in [3.8, 4) is 11.8 Å². The van der Waals surface area contributed by atoms with E-state index in [-0.39, 0.29) is 22.8 Å². The molecular weight excluding hydrogens is 306 g/mol. The molecule has 1 aliphatic carbocycles. The van der Waals surface area contributed by atoms with Crippen LogP contribution in [0.4, 0.5) is 0 Å². The lowest BCUT2D eigenvalue weighted by Crippen LogP contribution is -2.40. The average molecular weight is 346 g/mol. The van der Waals surface area contributed by atoms with Gasteiger partial charge in [0, 0.05) is 22.8 Å². The van der Waals surface area contributed by atoms with E-state index in [1.165, 1.54) is 6.42 Å². The molecule has 1 rings (SSSR count). The Kier molecular flexibility index (Phi) is 7.79. The van der Waals surface area contributed by atoms with Gasteiger partial charge in [0.05, 0.1) is 0 Å². The molecule has 0 aliphatic heterocycles. The van der Waals surface area contributed by atoms with Crippen LogP contribution < -0.4 is 5.32 Å². The fourth-order valence-corrected chi connectivity index (χ4v) is 3.38. The normalized spacial score (nSPS) is 21.8. The summed E-state index contributed by atoms with van der Waals surface area (Å²) in [5, 5.41) is 3.03. The quantitative estimate of drug-likeness (QED) is 0.473. The van der Waals surface area contributed by atoms with E-state index < -0.39 is 0 Å². The number of hydrogen-bond donors (Lipinski definition) is 1. The Morgan fingerprint density at radius 2 is 1.84 bits per heavy atom. The van der Waals surface area contributed by atoms with Crippen LogP contribution in [0.25, 0.3) is 0 Å². The van der Waals surface area contributed by atoms with Crippen molar-refractivity contribution in [1.29, 1.82) is 0 Å². The smallest absolute Gasteiger partial charge is 0.225 e. The SMILES string of the molecule is CC(C#CC(C)(C)CC1C=CC(C)C1)CCC(C)(C)C(=O)NC(C)C. The topological polar surface area (TPSA) is 29.1 Å². The molecule has 1 aliphatic rings. The zero-order valence-corrected chi connectivity index (χ0v) is 17.7. The van der Waals surface area contributed by atoms with Crippen molar-refractivity contribution in [2.45, 2.75) is 87.1 Å². The molecule has 0 spiro atoms. The fourth-order valence-electron chi connectivity index (χ4n) is 3.38. The van der Waals surface area contributed by atoms with Crippen LogP contribution in [-0.2, 0) is 4.79 Å². The summed E-state index contributed by atoms with van der Waals surface area (Å²) in [6.45, 7) is 17.0. The summed E-state index contributed by atoms with van der Waals surface area (Å²) < 4.78 is 0. The Balaban J connectivity index is 2.50. The molecule has 0 aromatic carbocycles. The molecule has 0 aromatic heterocycles. The van der Waals surface area contributed by atoms with Crippen molar-refractivity contribution in [3.05, 3.63) is 12.2 Å². The highest BCUT2D eigenvalue weighted by Crippen LogP contribution is 2.33. The van der Waals surface area contributed by atoms with Crippen LogP contribution in [-0.4, -0.2) is 11.9 Å². The van der Waals surface area contributed by atoms with Gasteiger partial charge < -0.3 is 5.32 Å². The Morgan fingerprint density at radius 1 is 1.20 bits per heavy atom. The third-order valence-electron chi connectivity index (χ3n) is 5.05. The van der Waals surface area contributed by atoms with Gasteiger partial charge in [0.25, 0.3) is 0 Å². The lowest BCUT2D eigenvalue weighted by Gasteiger charge is -2.26. The van der Waals surface area contributed by atoms with Crippen molar-refractivity contribution in [3.63, 3.8) is 0 Å². The molecule has 2 heteroatoms. The number of rotatable bonds is 7. The number of allylic oxidation sites excluding steroid dienone is 2. The number of carbonyl (C=O) groups excluding carboxylic acids is 1. The Bertz CT molecular complexity index is 530. The summed E-state index contributed by atoms with van der Waals surface area (Å²) in [7, 11) is 0. The van der Waals surface area contributed by atoms with Gasteiger partial charge in [0.15, 0.2) is 0 Å². The van der Waals surface area contributed by atoms with Crippen LogP contribution in [0.5, 0.6) is 0 Å². The van der Waals surface area contributed by atoms with E-state index in [0.717, 1.165) is 19.3 Å². The Labute approximate surface area is 156 Å². The molecule has 3 unspecified atom stereocenters. The summed E-state index contributed by atoms with van der Waals surface area (Å²) in [6, 6.07) is 0.192. The van der Waals surface area contributed by atoms with E-state index in [1.54, 1.807) is 0 Å². The van der Waals surface area contributed by atoms with Gasteiger partial charge in [-0.3, -0.25) is 4.79 Å². The van der Waals surface area contributed by atoms with Crippen LogP contribution in [0.2, 0.25) is 0 Å². The van der Waals surface area contributed by atoms with Crippen LogP contribution in [0.3, 0.4) is 0 Å². The minimum Gasteiger partial charge on any atom is -0.353 e. The molecule has 1 amide bonds. The molecule has 25 heavy (non-hydrogen) atoms. The second-order valence-electron chi connectivity index (χ2n) is 9.67. The predicted octanol–water partition coefficient (Wildman–Crippen LogP) is 5.59. The maximum atomic E-state index is 12.3. The summed E-state index contributed by atoms with van der Waals surface area (Å²) in [5.41, 5.74) is -0.279. The van der Waals surface area contributed by atoms with Gasteiger partial charge in [-0.1, -0.05) is 51.7 Å². The first kappa shape index (κ1) is 21.8. The second kappa shape index (κ2) is 8.93. The van der Waals surface area contributed by atoms with Crippen LogP contribution in [0, 0.1) is 40.4 Å². The zero-order chi connectivity index (χ0) is 19.3. The first-order chi connectivity index (χ1) is 11.4. The number of amides is 1. The number of hydrogen-bond acceptors (Lipinski definition) is 1. The Hall–Kier alpha value is -1.23. The fraction of sp³-hybridized carbons (Fsp3) is 0.783. The van der Waals surface area contributed by atoms with Gasteiger partial charge in [-0.15, -0.1) is 0 Å². The van der Waals surface area contributed by atoms with Crippen molar-refractivity contribution in [1.82, 2.24) is 5.32 Å². The Morgan fingerprint density at radius 3 is 2.36 bits per heavy atom. The van der Waals surface area contributed by atoms with Crippen LogP contribution in [0.15, 0.2) is 12.2 Å². The molecule has 0 aromatic rings. The molecular formula is C23H39NO. The van der Waals surface area contributed by atoms with Gasteiger partial charge in [-0.2, -0.15) is 0 Å². The third-order valence-corrected chi connectivity index (χ3v) is 5.05. The molecule has 0 saturated heterocycles. The van der Waals surface area contributed by atoms with E-state index in [2.05, 4.69) is 57.0 Å².